The van der Waals surface area contributed by atoms with E-state index in [0.29, 0.717) is 0 Å². The first-order chi connectivity index (χ1) is 7.75. The van der Waals surface area contributed by atoms with Crippen LogP contribution in [0.3, 0.4) is 0 Å². The summed E-state index contributed by atoms with van der Waals surface area (Å²) in [6.07, 6.45) is -1.92. The Kier molecular flexibility index (Phi) is 6.19. The molecule has 17 heavy (non-hydrogen) atoms. The highest BCUT2D eigenvalue weighted by atomic mass is 16.4. The highest BCUT2D eigenvalue weighted by Gasteiger charge is 2.30. The van der Waals surface area contributed by atoms with Crippen LogP contribution in [0.1, 0.15) is 26.7 Å². The van der Waals surface area contributed by atoms with E-state index >= 15 is 0 Å². The largest absolute Gasteiger partial charge is 0.481 e. The zero-order valence-electron chi connectivity index (χ0n) is 9.71. The van der Waals surface area contributed by atoms with Gasteiger partial charge in [0.15, 0.2) is 6.04 Å². The molecule has 0 aliphatic rings. The summed E-state index contributed by atoms with van der Waals surface area (Å²) in [6.45, 7) is 3.23. The molecule has 0 aromatic heterocycles. The molecular weight excluding hydrogens is 230 g/mol. The summed E-state index contributed by atoms with van der Waals surface area (Å²) in [6, 6.07) is -1.42. The van der Waals surface area contributed by atoms with Crippen LogP contribution in [0.25, 0.3) is 0 Å². The lowest BCUT2D eigenvalue weighted by molar-refractivity contribution is -0.146. The number of carbonyl (C=O) groups is 3. The molecule has 0 heterocycles. The molecule has 0 saturated carbocycles. The summed E-state index contributed by atoms with van der Waals surface area (Å²) in [5, 5.41) is 28.9. The first kappa shape index (κ1) is 15.4. The Morgan fingerprint density at radius 2 is 1.65 bits per heavy atom. The van der Waals surface area contributed by atoms with E-state index in [9.17, 15) is 19.5 Å². The summed E-state index contributed by atoms with van der Waals surface area (Å²) in [5.41, 5.74) is 0. The van der Waals surface area contributed by atoms with Crippen molar-refractivity contribution in [1.82, 2.24) is 5.32 Å². The van der Waals surface area contributed by atoms with E-state index in [1.165, 1.54) is 0 Å². The minimum Gasteiger partial charge on any atom is -0.481 e. The molecule has 0 bridgehead atoms. The number of carboxylic acids is 2. The SMILES string of the molecule is CC(C)C(O)C(NC(=O)CCC(=O)O)C(=O)O. The lowest BCUT2D eigenvalue weighted by Crippen LogP contribution is -2.50. The van der Waals surface area contributed by atoms with E-state index in [4.69, 9.17) is 10.2 Å². The van der Waals surface area contributed by atoms with Crippen molar-refractivity contribution in [2.75, 3.05) is 0 Å². The number of carboxylic acid groups (broad SMARTS) is 2. The number of nitrogens with one attached hydrogen (secondary N) is 1. The van der Waals surface area contributed by atoms with Crippen LogP contribution in [-0.4, -0.2) is 45.3 Å². The predicted octanol–water partition coefficient (Wildman–Crippen LogP) is -0.562. The fraction of sp³-hybridized carbons (Fsp3) is 0.700. The molecule has 98 valence electrons. The van der Waals surface area contributed by atoms with Crippen molar-refractivity contribution >= 4 is 17.8 Å². The zero-order valence-corrected chi connectivity index (χ0v) is 9.71. The number of carbonyl (C=O) groups excluding carboxylic acids is 1. The monoisotopic (exact) mass is 247 g/mol. The van der Waals surface area contributed by atoms with Gasteiger partial charge in [-0.15, -0.1) is 0 Å². The van der Waals surface area contributed by atoms with Gasteiger partial charge in [-0.1, -0.05) is 13.8 Å². The molecule has 0 aliphatic heterocycles. The van der Waals surface area contributed by atoms with Gasteiger partial charge in [-0.2, -0.15) is 0 Å². The van der Waals surface area contributed by atoms with Gasteiger partial charge in [0.05, 0.1) is 12.5 Å². The molecule has 0 spiro atoms. The van der Waals surface area contributed by atoms with Gasteiger partial charge in [-0.3, -0.25) is 9.59 Å². The second kappa shape index (κ2) is 6.85. The number of amides is 1. The van der Waals surface area contributed by atoms with Crippen LogP contribution in [0, 0.1) is 5.92 Å². The van der Waals surface area contributed by atoms with Gasteiger partial charge in [-0.05, 0) is 5.92 Å². The Bertz CT molecular complexity index is 301. The van der Waals surface area contributed by atoms with Crippen molar-refractivity contribution in [3.63, 3.8) is 0 Å². The maximum atomic E-state index is 11.2. The Labute approximate surface area is 98.4 Å². The maximum Gasteiger partial charge on any atom is 0.328 e. The zero-order chi connectivity index (χ0) is 13.6. The normalized spacial score (nSPS) is 14.1. The molecule has 0 fully saturated rings. The third-order valence-corrected chi connectivity index (χ3v) is 2.17. The molecule has 7 nitrogen and oxygen atoms in total. The van der Waals surface area contributed by atoms with E-state index in [1.807, 2.05) is 0 Å². The van der Waals surface area contributed by atoms with E-state index in [0.717, 1.165) is 0 Å². The molecule has 1 amide bonds. The fourth-order valence-electron chi connectivity index (χ4n) is 1.14. The van der Waals surface area contributed by atoms with Crippen molar-refractivity contribution in [3.8, 4) is 0 Å². The van der Waals surface area contributed by atoms with Crippen LogP contribution < -0.4 is 5.32 Å². The lowest BCUT2D eigenvalue weighted by Gasteiger charge is -2.23. The number of aliphatic carboxylic acids is 2. The number of aliphatic hydroxyl groups excluding tert-OH is 1. The Hall–Kier alpha value is -1.63. The van der Waals surface area contributed by atoms with Gasteiger partial charge in [0.25, 0.3) is 0 Å². The van der Waals surface area contributed by atoms with Gasteiger partial charge in [0.2, 0.25) is 5.91 Å². The number of rotatable bonds is 7. The van der Waals surface area contributed by atoms with Gasteiger partial charge < -0.3 is 20.6 Å². The van der Waals surface area contributed by atoms with Crippen LogP contribution in [-0.2, 0) is 14.4 Å². The molecule has 0 aliphatic carbocycles. The van der Waals surface area contributed by atoms with E-state index in [2.05, 4.69) is 5.32 Å². The average molecular weight is 247 g/mol. The second-order valence-corrected chi connectivity index (χ2v) is 4.01. The van der Waals surface area contributed by atoms with Crippen molar-refractivity contribution in [2.45, 2.75) is 38.8 Å². The van der Waals surface area contributed by atoms with E-state index in [-0.39, 0.29) is 18.8 Å². The highest BCUT2D eigenvalue weighted by molar-refractivity contribution is 5.85. The number of aliphatic hydroxyl groups is 1. The molecule has 0 aromatic carbocycles. The van der Waals surface area contributed by atoms with Gasteiger partial charge in [-0.25, -0.2) is 4.79 Å². The summed E-state index contributed by atoms with van der Waals surface area (Å²) in [4.78, 5) is 32.3. The molecule has 0 radical (unpaired) electrons. The van der Waals surface area contributed by atoms with Crippen molar-refractivity contribution in [1.29, 1.82) is 0 Å². The minimum absolute atomic E-state index is 0.316. The van der Waals surface area contributed by atoms with Gasteiger partial charge in [0, 0.05) is 6.42 Å². The Morgan fingerprint density at radius 1 is 1.12 bits per heavy atom. The highest BCUT2D eigenvalue weighted by Crippen LogP contribution is 2.07. The average Bonchev–Trinajstić information content (AvgIpc) is 2.21. The maximum absolute atomic E-state index is 11.2. The van der Waals surface area contributed by atoms with Crippen molar-refractivity contribution < 1.29 is 29.7 Å². The molecule has 0 saturated heterocycles. The molecule has 2 unspecified atom stereocenters. The number of hydrogen-bond donors (Lipinski definition) is 4. The topological polar surface area (TPSA) is 124 Å². The molecule has 7 heteroatoms. The first-order valence-electron chi connectivity index (χ1n) is 5.17. The standard InChI is InChI=1S/C10H17NO6/c1-5(2)9(15)8(10(16)17)11-6(12)3-4-7(13)14/h5,8-9,15H,3-4H2,1-2H3,(H,11,12)(H,13,14)(H,16,17). The van der Waals surface area contributed by atoms with Crippen LogP contribution in [0.15, 0.2) is 0 Å². The molecule has 2 atom stereocenters. The fourth-order valence-corrected chi connectivity index (χ4v) is 1.14. The van der Waals surface area contributed by atoms with Gasteiger partial charge >= 0.3 is 11.9 Å². The first-order valence-corrected chi connectivity index (χ1v) is 5.17. The molecular formula is C10H17NO6. The van der Waals surface area contributed by atoms with E-state index in [1.54, 1.807) is 13.8 Å². The molecule has 0 aromatic rings. The van der Waals surface area contributed by atoms with Crippen LogP contribution >= 0.6 is 0 Å². The summed E-state index contributed by atoms with van der Waals surface area (Å²) in [5.74, 6) is -3.54. The second-order valence-electron chi connectivity index (χ2n) is 4.01. The van der Waals surface area contributed by atoms with E-state index < -0.39 is 30.0 Å². The van der Waals surface area contributed by atoms with Crippen LogP contribution in [0.2, 0.25) is 0 Å². The van der Waals surface area contributed by atoms with Crippen molar-refractivity contribution in [2.24, 2.45) is 5.92 Å². The quantitative estimate of drug-likeness (QED) is 0.478. The van der Waals surface area contributed by atoms with Crippen molar-refractivity contribution in [3.05, 3.63) is 0 Å². The van der Waals surface area contributed by atoms with Gasteiger partial charge in [0.1, 0.15) is 0 Å². The summed E-state index contributed by atoms with van der Waals surface area (Å²) < 4.78 is 0. The summed E-state index contributed by atoms with van der Waals surface area (Å²) in [7, 11) is 0. The summed E-state index contributed by atoms with van der Waals surface area (Å²) >= 11 is 0. The Morgan fingerprint density at radius 3 is 2.00 bits per heavy atom. The van der Waals surface area contributed by atoms with Crippen LogP contribution in [0.4, 0.5) is 0 Å². The lowest BCUT2D eigenvalue weighted by atomic mass is 9.99. The molecule has 4 N–H and O–H groups in total. The molecule has 0 rings (SSSR count). The minimum atomic E-state index is -1.42. The van der Waals surface area contributed by atoms with Crippen LogP contribution in [0.5, 0.6) is 0 Å². The third kappa shape index (κ3) is 5.86. The Balaban J connectivity index is 4.40. The smallest absolute Gasteiger partial charge is 0.328 e. The third-order valence-electron chi connectivity index (χ3n) is 2.17. The predicted molar refractivity (Wildman–Crippen MR) is 57.3 cm³/mol. The number of hydrogen-bond acceptors (Lipinski definition) is 4.